The molecule has 2 aromatic heterocycles. The van der Waals surface area contributed by atoms with E-state index in [1.54, 1.807) is 19.2 Å². The molecule has 10 heteroatoms. The molecule has 1 fully saturated rings. The molecule has 184 valence electrons. The largest absolute Gasteiger partial charge is 0.496 e. The Kier molecular flexibility index (Phi) is 6.85. The molecule has 2 aromatic carbocycles. The van der Waals surface area contributed by atoms with Gasteiger partial charge in [0, 0.05) is 18.0 Å². The minimum atomic E-state index is -3.68. The van der Waals surface area contributed by atoms with Gasteiger partial charge >= 0.3 is 7.60 Å². The highest BCUT2D eigenvalue weighted by atomic mass is 79.9. The molecule has 35 heavy (non-hydrogen) atoms. The van der Waals surface area contributed by atoms with Gasteiger partial charge in [-0.2, -0.15) is 0 Å². The lowest BCUT2D eigenvalue weighted by Gasteiger charge is -2.29. The van der Waals surface area contributed by atoms with E-state index < -0.39 is 13.7 Å². The summed E-state index contributed by atoms with van der Waals surface area (Å²) in [4.78, 5) is 4.77. The zero-order valence-corrected chi connectivity index (χ0v) is 22.8. The van der Waals surface area contributed by atoms with Gasteiger partial charge in [-0.25, -0.2) is 4.98 Å². The number of ether oxygens (including phenoxy) is 1. The Morgan fingerprint density at radius 3 is 2.80 bits per heavy atom. The highest BCUT2D eigenvalue weighted by Gasteiger charge is 2.39. The fourth-order valence-electron chi connectivity index (χ4n) is 4.19. The molecule has 4 aromatic rings. The first-order valence-corrected chi connectivity index (χ1v) is 14.0. The van der Waals surface area contributed by atoms with Gasteiger partial charge in [-0.05, 0) is 69.9 Å². The molecule has 2 atom stereocenters. The lowest BCUT2D eigenvalue weighted by molar-refractivity contribution is 0.0854. The number of fused-ring (bicyclic) bond motifs is 1. The maximum Gasteiger partial charge on any atom is 0.396 e. The van der Waals surface area contributed by atoms with Crippen LogP contribution in [0.3, 0.4) is 0 Å². The van der Waals surface area contributed by atoms with Crippen molar-refractivity contribution >= 4 is 51.7 Å². The molecule has 3 heterocycles. The number of benzene rings is 2. The topological polar surface area (TPSA) is 75.7 Å². The summed E-state index contributed by atoms with van der Waals surface area (Å²) in [6.45, 7) is 5.27. The molecule has 0 radical (unpaired) electrons. The van der Waals surface area contributed by atoms with E-state index in [4.69, 9.17) is 34.8 Å². The molecule has 0 N–H and O–H groups in total. The summed E-state index contributed by atoms with van der Waals surface area (Å²) in [5, 5.41) is 0.638. The van der Waals surface area contributed by atoms with Crippen LogP contribution in [0.2, 0.25) is 5.02 Å². The van der Waals surface area contributed by atoms with E-state index >= 15 is 0 Å². The average molecular weight is 580 g/mol. The van der Waals surface area contributed by atoms with Crippen LogP contribution in [0, 0.1) is 5.92 Å². The molecule has 2 unspecified atom stereocenters. The van der Waals surface area contributed by atoms with Gasteiger partial charge in [-0.15, -0.1) is 0 Å². The van der Waals surface area contributed by atoms with Gasteiger partial charge in [0.25, 0.3) is 0 Å². The van der Waals surface area contributed by atoms with E-state index in [0.717, 1.165) is 27.6 Å². The van der Waals surface area contributed by atoms with Crippen LogP contribution in [-0.4, -0.2) is 23.3 Å². The van der Waals surface area contributed by atoms with Gasteiger partial charge in [0.05, 0.1) is 35.3 Å². The molecular weight excluding hydrogens is 555 g/mol. The number of aromatic nitrogens is 2. The van der Waals surface area contributed by atoms with Crippen LogP contribution in [0.4, 0.5) is 0 Å². The Bertz CT molecular complexity index is 1430. The first kappa shape index (κ1) is 24.6. The maximum atomic E-state index is 13.7. The van der Waals surface area contributed by atoms with E-state index in [1.807, 2.05) is 36.4 Å². The van der Waals surface area contributed by atoms with Crippen LogP contribution < -0.4 is 10.2 Å². The fraction of sp³-hybridized carbons (Fsp3) is 0.320. The third kappa shape index (κ3) is 4.83. The summed E-state index contributed by atoms with van der Waals surface area (Å²) in [7, 11) is -2.07. The van der Waals surface area contributed by atoms with E-state index in [2.05, 4.69) is 34.3 Å². The SMILES string of the molecule is COc1ccc(C2CCOP(=O)(c3ccc(-c4nc5ccc(Cl)cc5n4CC(C)C)o3)O2)cc1Br. The monoisotopic (exact) mass is 578 g/mol. The molecule has 0 saturated carbocycles. The lowest BCUT2D eigenvalue weighted by atomic mass is 10.1. The quantitative estimate of drug-likeness (QED) is 0.222. The van der Waals surface area contributed by atoms with Crippen LogP contribution >= 0.6 is 35.1 Å². The Hall–Kier alpha value is -2.09. The molecule has 0 spiro atoms. The highest BCUT2D eigenvalue weighted by Crippen LogP contribution is 2.56. The average Bonchev–Trinajstić information content (AvgIpc) is 3.45. The van der Waals surface area contributed by atoms with Crippen molar-refractivity contribution in [3.63, 3.8) is 0 Å². The van der Waals surface area contributed by atoms with Crippen LogP contribution in [0.15, 0.2) is 57.4 Å². The zero-order valence-electron chi connectivity index (χ0n) is 19.5. The first-order chi connectivity index (χ1) is 16.8. The minimum absolute atomic E-state index is 0.158. The van der Waals surface area contributed by atoms with Gasteiger partial charge in [-0.1, -0.05) is 31.5 Å². The predicted molar refractivity (Wildman–Crippen MR) is 140 cm³/mol. The molecule has 0 bridgehead atoms. The van der Waals surface area contributed by atoms with Gasteiger partial charge in [-0.3, -0.25) is 9.09 Å². The van der Waals surface area contributed by atoms with E-state index in [-0.39, 0.29) is 12.1 Å². The third-order valence-corrected chi connectivity index (χ3v) is 8.48. The van der Waals surface area contributed by atoms with Crippen LogP contribution in [-0.2, 0) is 20.2 Å². The predicted octanol–water partition coefficient (Wildman–Crippen LogP) is 7.37. The standard InChI is InChI=1S/C25H25BrClN2O5P/c1-15(2)14-29-20-13-17(27)5-6-19(20)28-25(29)23-8-9-24(33-23)35(30)32-11-10-21(34-35)16-4-7-22(31-3)18(26)12-16/h4-9,12-13,15,21H,10-11,14H2,1-3H3. The van der Waals surface area contributed by atoms with Gasteiger partial charge in [0.15, 0.2) is 11.6 Å². The Morgan fingerprint density at radius 2 is 2.06 bits per heavy atom. The Morgan fingerprint density at radius 1 is 1.23 bits per heavy atom. The number of hydrogen-bond donors (Lipinski definition) is 0. The van der Waals surface area contributed by atoms with Crippen molar-refractivity contribution in [3.8, 4) is 17.3 Å². The second-order valence-electron chi connectivity index (χ2n) is 8.82. The molecular formula is C25H25BrClN2O5P. The van der Waals surface area contributed by atoms with Crippen molar-refractivity contribution < 1.29 is 22.8 Å². The molecule has 0 aliphatic carbocycles. The van der Waals surface area contributed by atoms with E-state index in [9.17, 15) is 4.57 Å². The summed E-state index contributed by atoms with van der Waals surface area (Å²) in [6.07, 6.45) is 0.166. The molecule has 7 nitrogen and oxygen atoms in total. The number of nitrogens with zero attached hydrogens (tertiary/aromatic N) is 2. The molecule has 1 aliphatic heterocycles. The van der Waals surface area contributed by atoms with Crippen LogP contribution in [0.5, 0.6) is 5.75 Å². The number of imidazole rings is 1. The number of halogens is 2. The number of rotatable bonds is 6. The lowest BCUT2D eigenvalue weighted by Crippen LogP contribution is -2.19. The second-order valence-corrected chi connectivity index (χ2v) is 12.0. The summed E-state index contributed by atoms with van der Waals surface area (Å²) >= 11 is 9.75. The van der Waals surface area contributed by atoms with Gasteiger partial charge < -0.3 is 18.2 Å². The summed E-state index contributed by atoms with van der Waals surface area (Å²) < 4.78 is 39.7. The van der Waals surface area contributed by atoms with Crippen LogP contribution in [0.25, 0.3) is 22.6 Å². The Balaban J connectivity index is 1.48. The summed E-state index contributed by atoms with van der Waals surface area (Å²) in [5.74, 6) is 2.21. The van der Waals surface area contributed by atoms with E-state index in [1.165, 1.54) is 0 Å². The smallest absolute Gasteiger partial charge is 0.396 e. The van der Waals surface area contributed by atoms with Crippen molar-refractivity contribution in [2.75, 3.05) is 13.7 Å². The number of methoxy groups -OCH3 is 1. The number of hydrogen-bond acceptors (Lipinski definition) is 6. The zero-order chi connectivity index (χ0) is 24.7. The van der Waals surface area contributed by atoms with Gasteiger partial charge in [0.2, 0.25) is 5.50 Å². The summed E-state index contributed by atoms with van der Waals surface area (Å²) in [5.41, 5.74) is 2.76. The normalized spacial score (nSPS) is 20.6. The maximum absolute atomic E-state index is 13.7. The highest BCUT2D eigenvalue weighted by molar-refractivity contribution is 9.10. The van der Waals surface area contributed by atoms with Gasteiger partial charge in [0.1, 0.15) is 5.75 Å². The van der Waals surface area contributed by atoms with Crippen LogP contribution in [0.1, 0.15) is 31.9 Å². The minimum Gasteiger partial charge on any atom is -0.496 e. The molecule has 1 aliphatic rings. The van der Waals surface area contributed by atoms with E-state index in [0.29, 0.717) is 34.7 Å². The van der Waals surface area contributed by atoms with Crippen molar-refractivity contribution in [2.45, 2.75) is 32.9 Å². The van der Waals surface area contributed by atoms with Crippen molar-refractivity contribution in [3.05, 3.63) is 63.6 Å². The molecule has 5 rings (SSSR count). The fourth-order valence-corrected chi connectivity index (χ4v) is 6.58. The first-order valence-electron chi connectivity index (χ1n) is 11.3. The Labute approximate surface area is 217 Å². The third-order valence-electron chi connectivity index (χ3n) is 5.80. The number of furan rings is 1. The molecule has 1 saturated heterocycles. The van der Waals surface area contributed by atoms with Crippen molar-refractivity contribution in [2.24, 2.45) is 5.92 Å². The second kappa shape index (κ2) is 9.75. The van der Waals surface area contributed by atoms with Crippen molar-refractivity contribution in [1.82, 2.24) is 9.55 Å². The van der Waals surface area contributed by atoms with Crippen molar-refractivity contribution in [1.29, 1.82) is 0 Å². The molecule has 0 amide bonds. The summed E-state index contributed by atoms with van der Waals surface area (Å²) in [6, 6.07) is 14.7.